The van der Waals surface area contributed by atoms with Gasteiger partial charge in [0.25, 0.3) is 0 Å². The lowest BCUT2D eigenvalue weighted by Crippen LogP contribution is -2.39. The molecule has 0 heterocycles. The number of hydrogen-bond acceptors (Lipinski definition) is 1. The van der Waals surface area contributed by atoms with Gasteiger partial charge in [0.2, 0.25) is 5.91 Å². The number of unbranched alkanes of at least 4 members (excludes halogenated alkanes) is 2. The van der Waals surface area contributed by atoms with Crippen molar-refractivity contribution in [3.05, 3.63) is 0 Å². The number of carbonyl (C=O) groups is 1. The van der Waals surface area contributed by atoms with E-state index in [0.717, 1.165) is 44.7 Å². The van der Waals surface area contributed by atoms with Crippen LogP contribution in [-0.2, 0) is 4.79 Å². The third kappa shape index (κ3) is 6.03. The molecule has 0 radical (unpaired) electrons. The van der Waals surface area contributed by atoms with Crippen LogP contribution in [0, 0.1) is 11.8 Å². The van der Waals surface area contributed by atoms with E-state index in [1.54, 1.807) is 0 Å². The molecule has 3 heteroatoms. The van der Waals surface area contributed by atoms with Crippen LogP contribution in [0.2, 0.25) is 0 Å². The molecule has 1 saturated carbocycles. The Morgan fingerprint density at radius 3 is 2.25 bits per heavy atom. The molecule has 0 N–H and O–H groups in total. The molecule has 0 aromatic rings. The average molecular weight is 302 g/mol. The zero-order valence-corrected chi connectivity index (χ0v) is 14.1. The maximum absolute atomic E-state index is 12.6. The van der Waals surface area contributed by atoms with Crippen molar-refractivity contribution in [3.8, 4) is 0 Å². The SMILES string of the molecule is CCCCC1CCC(C(=O)N(CCCl)CCCC)CC1. The largest absolute Gasteiger partial charge is 0.341 e. The van der Waals surface area contributed by atoms with Crippen LogP contribution in [0.4, 0.5) is 0 Å². The van der Waals surface area contributed by atoms with Crippen LogP contribution >= 0.6 is 11.6 Å². The van der Waals surface area contributed by atoms with Crippen molar-refractivity contribution < 1.29 is 4.79 Å². The fraction of sp³-hybridized carbons (Fsp3) is 0.941. The Labute approximate surface area is 130 Å². The van der Waals surface area contributed by atoms with E-state index in [-0.39, 0.29) is 5.92 Å². The third-order valence-corrected chi connectivity index (χ3v) is 4.78. The van der Waals surface area contributed by atoms with Crippen molar-refractivity contribution >= 4 is 17.5 Å². The first-order chi connectivity index (χ1) is 9.72. The van der Waals surface area contributed by atoms with Crippen LogP contribution in [0.5, 0.6) is 0 Å². The molecule has 2 nitrogen and oxygen atoms in total. The van der Waals surface area contributed by atoms with E-state index in [1.165, 1.54) is 32.1 Å². The van der Waals surface area contributed by atoms with E-state index in [9.17, 15) is 4.79 Å². The monoisotopic (exact) mass is 301 g/mol. The van der Waals surface area contributed by atoms with Gasteiger partial charge in [-0.25, -0.2) is 0 Å². The minimum Gasteiger partial charge on any atom is -0.341 e. The van der Waals surface area contributed by atoms with Crippen LogP contribution in [0.1, 0.15) is 71.6 Å². The smallest absolute Gasteiger partial charge is 0.225 e. The molecule has 0 spiro atoms. The summed E-state index contributed by atoms with van der Waals surface area (Å²) in [4.78, 5) is 14.6. The lowest BCUT2D eigenvalue weighted by Gasteiger charge is -2.32. The third-order valence-electron chi connectivity index (χ3n) is 4.61. The van der Waals surface area contributed by atoms with Crippen molar-refractivity contribution in [3.63, 3.8) is 0 Å². The van der Waals surface area contributed by atoms with E-state index in [2.05, 4.69) is 13.8 Å². The summed E-state index contributed by atoms with van der Waals surface area (Å²) in [6.07, 6.45) is 10.9. The summed E-state index contributed by atoms with van der Waals surface area (Å²) in [5.74, 6) is 2.07. The highest BCUT2D eigenvalue weighted by Gasteiger charge is 2.28. The summed E-state index contributed by atoms with van der Waals surface area (Å²) < 4.78 is 0. The van der Waals surface area contributed by atoms with Gasteiger partial charge >= 0.3 is 0 Å². The summed E-state index contributed by atoms with van der Waals surface area (Å²) in [6, 6.07) is 0. The second kappa shape index (κ2) is 10.5. The first kappa shape index (κ1) is 17.8. The normalized spacial score (nSPS) is 22.8. The van der Waals surface area contributed by atoms with E-state index in [0.29, 0.717) is 11.8 Å². The fourth-order valence-corrected chi connectivity index (χ4v) is 3.44. The Kier molecular flexibility index (Phi) is 9.33. The molecule has 20 heavy (non-hydrogen) atoms. The Balaban J connectivity index is 2.38. The van der Waals surface area contributed by atoms with Crippen LogP contribution in [0.3, 0.4) is 0 Å². The quantitative estimate of drug-likeness (QED) is 0.557. The molecule has 0 unspecified atom stereocenters. The van der Waals surface area contributed by atoms with Crippen molar-refractivity contribution in [1.29, 1.82) is 0 Å². The van der Waals surface area contributed by atoms with Crippen molar-refractivity contribution in [2.45, 2.75) is 71.6 Å². The second-order valence-corrected chi connectivity index (χ2v) is 6.61. The molecule has 1 aliphatic carbocycles. The number of hydrogen-bond donors (Lipinski definition) is 0. The van der Waals surface area contributed by atoms with Gasteiger partial charge in [-0.1, -0.05) is 39.5 Å². The van der Waals surface area contributed by atoms with Crippen LogP contribution in [0.25, 0.3) is 0 Å². The minimum absolute atomic E-state index is 0.271. The van der Waals surface area contributed by atoms with E-state index in [1.807, 2.05) is 4.90 Å². The van der Waals surface area contributed by atoms with Gasteiger partial charge in [0, 0.05) is 24.9 Å². The van der Waals surface area contributed by atoms with Crippen molar-refractivity contribution in [2.75, 3.05) is 19.0 Å². The number of rotatable bonds is 9. The zero-order chi connectivity index (χ0) is 14.8. The molecular formula is C17H32ClNO. The minimum atomic E-state index is 0.271. The van der Waals surface area contributed by atoms with Gasteiger partial charge in [-0.2, -0.15) is 0 Å². The highest BCUT2D eigenvalue weighted by molar-refractivity contribution is 6.18. The van der Waals surface area contributed by atoms with Gasteiger partial charge in [-0.15, -0.1) is 11.6 Å². The summed E-state index contributed by atoms with van der Waals surface area (Å²) in [5, 5.41) is 0. The molecule has 1 rings (SSSR count). The number of halogens is 1. The van der Waals surface area contributed by atoms with E-state index in [4.69, 9.17) is 11.6 Å². The molecule has 1 amide bonds. The summed E-state index contributed by atoms with van der Waals surface area (Å²) in [6.45, 7) is 6.03. The molecule has 0 atom stereocenters. The van der Waals surface area contributed by atoms with Gasteiger partial charge in [0.05, 0.1) is 0 Å². The summed E-state index contributed by atoms with van der Waals surface area (Å²) in [5.41, 5.74) is 0. The number of carbonyl (C=O) groups excluding carboxylic acids is 1. The van der Waals surface area contributed by atoms with Crippen molar-refractivity contribution in [2.24, 2.45) is 11.8 Å². The summed E-state index contributed by atoms with van der Waals surface area (Å²) >= 11 is 5.84. The Bertz CT molecular complexity index is 262. The average Bonchev–Trinajstić information content (AvgIpc) is 2.49. The van der Waals surface area contributed by atoms with Gasteiger partial charge in [-0.05, 0) is 38.0 Å². The Morgan fingerprint density at radius 2 is 1.70 bits per heavy atom. The standard InChI is InChI=1S/C17H32ClNO/c1-3-5-7-15-8-10-16(11-9-15)17(20)19(14-12-18)13-6-4-2/h15-16H,3-14H2,1-2H3. The lowest BCUT2D eigenvalue weighted by molar-refractivity contribution is -0.136. The first-order valence-electron chi connectivity index (χ1n) is 8.57. The zero-order valence-electron chi connectivity index (χ0n) is 13.4. The lowest BCUT2D eigenvalue weighted by atomic mass is 9.79. The molecule has 0 bridgehead atoms. The molecular weight excluding hydrogens is 270 g/mol. The van der Waals surface area contributed by atoms with Crippen LogP contribution in [-0.4, -0.2) is 29.8 Å². The predicted octanol–water partition coefficient (Wildman–Crippen LogP) is 4.85. The highest BCUT2D eigenvalue weighted by atomic mass is 35.5. The van der Waals surface area contributed by atoms with Gasteiger partial charge < -0.3 is 4.90 Å². The molecule has 1 aliphatic rings. The second-order valence-electron chi connectivity index (χ2n) is 6.23. The van der Waals surface area contributed by atoms with Gasteiger partial charge in [0.1, 0.15) is 0 Å². The Hall–Kier alpha value is -0.240. The number of amides is 1. The number of nitrogens with zero attached hydrogens (tertiary/aromatic N) is 1. The molecule has 0 aromatic carbocycles. The van der Waals surface area contributed by atoms with Gasteiger partial charge in [0.15, 0.2) is 0 Å². The Morgan fingerprint density at radius 1 is 1.05 bits per heavy atom. The molecule has 118 valence electrons. The molecule has 0 saturated heterocycles. The predicted molar refractivity (Wildman–Crippen MR) is 87.2 cm³/mol. The first-order valence-corrected chi connectivity index (χ1v) is 9.11. The molecule has 0 aromatic heterocycles. The number of alkyl halides is 1. The fourth-order valence-electron chi connectivity index (χ4n) is 3.23. The van der Waals surface area contributed by atoms with E-state index < -0.39 is 0 Å². The van der Waals surface area contributed by atoms with Gasteiger partial charge in [-0.3, -0.25) is 4.79 Å². The molecule has 1 fully saturated rings. The highest BCUT2D eigenvalue weighted by Crippen LogP contribution is 2.32. The topological polar surface area (TPSA) is 20.3 Å². The maximum Gasteiger partial charge on any atom is 0.225 e. The van der Waals surface area contributed by atoms with E-state index >= 15 is 0 Å². The maximum atomic E-state index is 12.6. The van der Waals surface area contributed by atoms with Crippen molar-refractivity contribution in [1.82, 2.24) is 4.90 Å². The van der Waals surface area contributed by atoms with Crippen LogP contribution in [0.15, 0.2) is 0 Å². The summed E-state index contributed by atoms with van der Waals surface area (Å²) in [7, 11) is 0. The molecule has 0 aliphatic heterocycles. The van der Waals surface area contributed by atoms with Crippen LogP contribution < -0.4 is 0 Å².